The maximum Gasteiger partial charge on any atom is 0.344 e. The van der Waals surface area contributed by atoms with Crippen LogP contribution >= 0.6 is 0 Å². The summed E-state index contributed by atoms with van der Waals surface area (Å²) in [4.78, 5) is 12.9. The van der Waals surface area contributed by atoms with Crippen molar-refractivity contribution >= 4 is 5.97 Å². The number of carboxylic acids is 1. The highest BCUT2D eigenvalue weighted by molar-refractivity contribution is 5.72. The van der Waals surface area contributed by atoms with Crippen LogP contribution in [0.25, 0.3) is 0 Å². The maximum atomic E-state index is 11.2. The average molecular weight is 368 g/mol. The van der Waals surface area contributed by atoms with Crippen molar-refractivity contribution in [2.75, 3.05) is 14.1 Å². The van der Waals surface area contributed by atoms with Crippen LogP contribution in [-0.2, 0) is 4.79 Å². The van der Waals surface area contributed by atoms with Crippen molar-refractivity contribution in [2.45, 2.75) is 77.5 Å². The summed E-state index contributed by atoms with van der Waals surface area (Å²) in [7, 11) is 3.65. The van der Waals surface area contributed by atoms with Gasteiger partial charge in [0.25, 0.3) is 0 Å². The zero-order chi connectivity index (χ0) is 19.8. The number of unbranched alkanes of at least 4 members (excludes halogenated alkanes) is 6. The van der Waals surface area contributed by atoms with Gasteiger partial charge in [0.15, 0.2) is 6.10 Å². The molecule has 0 fully saturated rings. The average Bonchev–Trinajstić information content (AvgIpc) is 2.61. The molecule has 0 saturated heterocycles. The van der Waals surface area contributed by atoms with Crippen LogP contribution in [0.3, 0.4) is 0 Å². The van der Waals surface area contributed by atoms with Crippen LogP contribution in [-0.4, -0.2) is 47.5 Å². The third-order valence-electron chi connectivity index (χ3n) is 4.11. The Morgan fingerprint density at radius 3 is 2.00 bits per heavy atom. The predicted octanol–water partition coefficient (Wildman–Crippen LogP) is 4.55. The van der Waals surface area contributed by atoms with Crippen LogP contribution in [0.5, 0.6) is 5.75 Å². The van der Waals surface area contributed by atoms with Crippen molar-refractivity contribution in [3.05, 3.63) is 30.3 Å². The quantitative estimate of drug-likeness (QED) is 0.419. The van der Waals surface area contributed by atoms with Crippen molar-refractivity contribution in [3.8, 4) is 5.75 Å². The topological polar surface area (TPSA) is 70.0 Å². The van der Waals surface area contributed by atoms with E-state index in [9.17, 15) is 9.90 Å². The Bertz CT molecular complexity index is 443. The Morgan fingerprint density at radius 1 is 1.04 bits per heavy atom. The molecular weight excluding hydrogens is 330 g/mol. The van der Waals surface area contributed by atoms with Gasteiger partial charge in [0.2, 0.25) is 0 Å². The molecule has 1 aromatic rings. The number of rotatable bonds is 12. The first-order valence-electron chi connectivity index (χ1n) is 9.67. The van der Waals surface area contributed by atoms with E-state index in [0.717, 1.165) is 12.8 Å². The fraction of sp³-hybridized carbons (Fsp3) is 0.667. The smallest absolute Gasteiger partial charge is 0.344 e. The summed E-state index contributed by atoms with van der Waals surface area (Å²) in [6.07, 6.45) is 7.83. The second-order valence-corrected chi connectivity index (χ2v) is 6.76. The van der Waals surface area contributed by atoms with E-state index in [4.69, 9.17) is 9.84 Å². The molecule has 0 aliphatic rings. The molecule has 26 heavy (non-hydrogen) atoms. The van der Waals surface area contributed by atoms with Gasteiger partial charge >= 0.3 is 5.97 Å². The number of hydrogen-bond donors (Lipinski definition) is 2. The van der Waals surface area contributed by atoms with Gasteiger partial charge in [0.1, 0.15) is 12.0 Å². The lowest BCUT2D eigenvalue weighted by Crippen LogP contribution is -2.26. The molecule has 150 valence electrons. The minimum Gasteiger partial charge on any atom is -0.479 e. The van der Waals surface area contributed by atoms with E-state index in [0.29, 0.717) is 12.2 Å². The van der Waals surface area contributed by atoms with E-state index < -0.39 is 12.1 Å². The SMILES string of the molecule is CC(O)N(C)C.CCCCCCCCCC(Oc1ccccc1)C(=O)O. The molecule has 0 heterocycles. The second-order valence-electron chi connectivity index (χ2n) is 6.76. The molecule has 2 N–H and O–H groups in total. The molecule has 0 saturated carbocycles. The van der Waals surface area contributed by atoms with Crippen LogP contribution in [0, 0.1) is 0 Å². The molecular formula is C21H37NO4. The highest BCUT2D eigenvalue weighted by Crippen LogP contribution is 2.16. The number of aliphatic carboxylic acids is 1. The molecule has 0 aromatic heterocycles. The van der Waals surface area contributed by atoms with E-state index >= 15 is 0 Å². The molecule has 0 bridgehead atoms. The summed E-state index contributed by atoms with van der Waals surface area (Å²) in [5.74, 6) is -0.248. The van der Waals surface area contributed by atoms with Crippen molar-refractivity contribution in [2.24, 2.45) is 0 Å². The van der Waals surface area contributed by atoms with E-state index in [1.54, 1.807) is 24.0 Å². The van der Waals surface area contributed by atoms with Crippen LogP contribution in [0.1, 0.15) is 65.2 Å². The Balaban J connectivity index is 0.000000896. The van der Waals surface area contributed by atoms with Crippen molar-refractivity contribution in [1.29, 1.82) is 0 Å². The van der Waals surface area contributed by atoms with Crippen LogP contribution in [0.4, 0.5) is 0 Å². The molecule has 2 atom stereocenters. The number of aliphatic hydroxyl groups excluding tert-OH is 1. The molecule has 5 nitrogen and oxygen atoms in total. The Labute approximate surface area is 159 Å². The molecule has 1 rings (SSSR count). The lowest BCUT2D eigenvalue weighted by Gasteiger charge is -2.14. The third-order valence-corrected chi connectivity index (χ3v) is 4.11. The first-order valence-corrected chi connectivity index (χ1v) is 9.67. The predicted molar refractivity (Wildman–Crippen MR) is 106 cm³/mol. The Hall–Kier alpha value is -1.59. The van der Waals surface area contributed by atoms with Gasteiger partial charge in [-0.3, -0.25) is 4.90 Å². The van der Waals surface area contributed by atoms with Gasteiger partial charge in [0.05, 0.1) is 0 Å². The third kappa shape index (κ3) is 13.7. The number of benzene rings is 1. The van der Waals surface area contributed by atoms with Gasteiger partial charge < -0.3 is 14.9 Å². The zero-order valence-corrected chi connectivity index (χ0v) is 16.9. The van der Waals surface area contributed by atoms with Crippen LogP contribution in [0.15, 0.2) is 30.3 Å². The summed E-state index contributed by atoms with van der Waals surface area (Å²) in [5, 5.41) is 17.7. The van der Waals surface area contributed by atoms with Crippen LogP contribution in [0.2, 0.25) is 0 Å². The van der Waals surface area contributed by atoms with E-state index in [1.807, 2.05) is 32.3 Å². The molecule has 0 aliphatic carbocycles. The van der Waals surface area contributed by atoms with Gasteiger partial charge in [-0.05, 0) is 46.0 Å². The fourth-order valence-electron chi connectivity index (χ4n) is 2.18. The summed E-state index contributed by atoms with van der Waals surface area (Å²) >= 11 is 0. The van der Waals surface area contributed by atoms with Gasteiger partial charge in [-0.15, -0.1) is 0 Å². The van der Waals surface area contributed by atoms with E-state index in [-0.39, 0.29) is 6.23 Å². The number of carboxylic acid groups (broad SMARTS) is 1. The van der Waals surface area contributed by atoms with E-state index in [2.05, 4.69) is 6.92 Å². The number of carbonyl (C=O) groups is 1. The minimum atomic E-state index is -0.875. The molecule has 5 heteroatoms. The highest BCUT2D eigenvalue weighted by Gasteiger charge is 2.18. The molecule has 2 unspecified atom stereocenters. The molecule has 1 aromatic carbocycles. The van der Waals surface area contributed by atoms with Crippen molar-refractivity contribution < 1.29 is 19.7 Å². The first kappa shape index (κ1) is 24.4. The molecule has 0 aliphatic heterocycles. The fourth-order valence-corrected chi connectivity index (χ4v) is 2.18. The number of para-hydroxylation sites is 1. The highest BCUT2D eigenvalue weighted by atomic mass is 16.5. The first-order chi connectivity index (χ1) is 12.4. The van der Waals surface area contributed by atoms with Gasteiger partial charge in [-0.25, -0.2) is 4.79 Å². The summed E-state index contributed by atoms with van der Waals surface area (Å²) in [6, 6.07) is 9.17. The lowest BCUT2D eigenvalue weighted by atomic mass is 10.1. The van der Waals surface area contributed by atoms with E-state index in [1.165, 1.54) is 32.1 Å². The van der Waals surface area contributed by atoms with Crippen molar-refractivity contribution in [1.82, 2.24) is 4.90 Å². The summed E-state index contributed by atoms with van der Waals surface area (Å²) in [5.41, 5.74) is 0. The normalized spacial score (nSPS) is 12.8. The monoisotopic (exact) mass is 367 g/mol. The standard InChI is InChI=1S/C17H26O3.C4H11NO/c1-2-3-4-5-6-7-11-14-16(17(18)19)20-15-12-9-8-10-13-15;1-4(6)5(2)3/h8-10,12-13,16H,2-7,11,14H2,1H3,(H,18,19);4,6H,1-3H3. The Kier molecular flexibility index (Phi) is 14.7. The molecule has 0 radical (unpaired) electrons. The van der Waals surface area contributed by atoms with Gasteiger partial charge in [0, 0.05) is 0 Å². The molecule has 0 spiro atoms. The van der Waals surface area contributed by atoms with Crippen LogP contribution < -0.4 is 4.74 Å². The number of aliphatic hydroxyl groups is 1. The molecule has 0 amide bonds. The maximum absolute atomic E-state index is 11.2. The largest absolute Gasteiger partial charge is 0.479 e. The summed E-state index contributed by atoms with van der Waals surface area (Å²) < 4.78 is 5.52. The zero-order valence-electron chi connectivity index (χ0n) is 16.9. The van der Waals surface area contributed by atoms with Gasteiger partial charge in [-0.1, -0.05) is 63.6 Å². The number of nitrogens with zero attached hydrogens (tertiary/aromatic N) is 1. The Morgan fingerprint density at radius 2 is 1.54 bits per heavy atom. The van der Waals surface area contributed by atoms with Gasteiger partial charge in [-0.2, -0.15) is 0 Å². The lowest BCUT2D eigenvalue weighted by molar-refractivity contribution is -0.145. The second kappa shape index (κ2) is 15.6. The summed E-state index contributed by atoms with van der Waals surface area (Å²) in [6.45, 7) is 3.93. The van der Waals surface area contributed by atoms with Crippen molar-refractivity contribution in [3.63, 3.8) is 0 Å². The number of ether oxygens (including phenoxy) is 1. The minimum absolute atomic E-state index is 0.315. The number of hydrogen-bond acceptors (Lipinski definition) is 4.